The summed E-state index contributed by atoms with van der Waals surface area (Å²) in [6.45, 7) is 4.32. The molecule has 0 aliphatic carbocycles. The van der Waals surface area contributed by atoms with Gasteiger partial charge >= 0.3 is 6.18 Å². The van der Waals surface area contributed by atoms with Crippen molar-refractivity contribution in [1.82, 2.24) is 19.7 Å². The minimum Gasteiger partial charge on any atom is -0.493 e. The lowest BCUT2D eigenvalue weighted by molar-refractivity contribution is -0.139. The van der Waals surface area contributed by atoms with Gasteiger partial charge in [0.15, 0.2) is 5.69 Å². The van der Waals surface area contributed by atoms with Crippen LogP contribution in [0.5, 0.6) is 5.75 Å². The fourth-order valence-corrected chi connectivity index (χ4v) is 4.01. The molecule has 2 heterocycles. The van der Waals surface area contributed by atoms with Gasteiger partial charge in [-0.3, -0.25) is 9.69 Å². The Morgan fingerprint density at radius 2 is 1.89 bits per heavy atom. The predicted octanol–water partition coefficient (Wildman–Crippen LogP) is 2.74. The van der Waals surface area contributed by atoms with E-state index in [0.29, 0.717) is 25.2 Å². The maximum atomic E-state index is 13.9. The van der Waals surface area contributed by atoms with Gasteiger partial charge in [0.1, 0.15) is 11.8 Å². The molecule has 200 valence electrons. The SMILES string of the molecule is CNc1cc(-c2ccc(OCCCN3CCN(CC(=O)N(C)C)CC3)c(C(F)(F)F)c2)nc(C#N)c1N. The molecule has 0 bridgehead atoms. The van der Waals surface area contributed by atoms with E-state index in [2.05, 4.69) is 20.1 Å². The number of hydrogen-bond donors (Lipinski definition) is 2. The Morgan fingerprint density at radius 3 is 2.49 bits per heavy atom. The molecular formula is C25H32F3N7O2. The zero-order valence-electron chi connectivity index (χ0n) is 21.2. The first-order valence-corrected chi connectivity index (χ1v) is 11.9. The molecule has 37 heavy (non-hydrogen) atoms. The van der Waals surface area contributed by atoms with Crippen LogP contribution >= 0.6 is 0 Å². The van der Waals surface area contributed by atoms with Crippen LogP contribution in [0.3, 0.4) is 0 Å². The van der Waals surface area contributed by atoms with Crippen LogP contribution in [-0.4, -0.2) is 92.6 Å². The van der Waals surface area contributed by atoms with E-state index in [4.69, 9.17) is 10.5 Å². The van der Waals surface area contributed by atoms with E-state index < -0.39 is 11.7 Å². The number of aromatic nitrogens is 1. The number of halogens is 3. The van der Waals surface area contributed by atoms with Gasteiger partial charge < -0.3 is 25.6 Å². The summed E-state index contributed by atoms with van der Waals surface area (Å²) < 4.78 is 47.1. The number of nitrogens with two attached hydrogens (primary N) is 1. The first kappa shape index (κ1) is 28.0. The molecule has 2 aromatic rings. The first-order valence-electron chi connectivity index (χ1n) is 11.9. The average molecular weight is 520 g/mol. The molecule has 0 radical (unpaired) electrons. The van der Waals surface area contributed by atoms with Gasteiger partial charge in [0, 0.05) is 59.4 Å². The number of carbonyl (C=O) groups excluding carboxylic acids is 1. The smallest absolute Gasteiger partial charge is 0.419 e. The molecule has 9 nitrogen and oxygen atoms in total. The van der Waals surface area contributed by atoms with Crippen LogP contribution in [0.15, 0.2) is 24.3 Å². The summed E-state index contributed by atoms with van der Waals surface area (Å²) in [6.07, 6.45) is -4.07. The molecule has 1 saturated heterocycles. The van der Waals surface area contributed by atoms with E-state index in [1.165, 1.54) is 18.2 Å². The largest absolute Gasteiger partial charge is 0.493 e. The van der Waals surface area contributed by atoms with Crippen LogP contribution < -0.4 is 15.8 Å². The van der Waals surface area contributed by atoms with Crippen LogP contribution in [0.2, 0.25) is 0 Å². The molecule has 12 heteroatoms. The van der Waals surface area contributed by atoms with Crippen molar-refractivity contribution in [2.24, 2.45) is 0 Å². The van der Waals surface area contributed by atoms with Crippen LogP contribution in [0.25, 0.3) is 11.3 Å². The first-order chi connectivity index (χ1) is 17.5. The van der Waals surface area contributed by atoms with E-state index in [9.17, 15) is 23.2 Å². The highest BCUT2D eigenvalue weighted by Gasteiger charge is 2.35. The lowest BCUT2D eigenvalue weighted by Gasteiger charge is -2.34. The minimum absolute atomic E-state index is 0.0634. The fourth-order valence-electron chi connectivity index (χ4n) is 4.01. The van der Waals surface area contributed by atoms with Crippen LogP contribution in [0.4, 0.5) is 24.5 Å². The Kier molecular flexibility index (Phi) is 9.18. The number of pyridine rings is 1. The third kappa shape index (κ3) is 7.24. The Balaban J connectivity index is 1.61. The standard InChI is InChI=1S/C25H32F3N7O2/c1-31-20-14-19(32-21(15-29)24(20)30)17-5-6-22(18(13-17)25(26,27)28)37-12-4-7-34-8-10-35(11-9-34)16-23(36)33(2)3/h5-6,13-14H,4,7-12,16,30H2,1-3H3,(H,31,32). The number of piperazine rings is 1. The van der Waals surface area contributed by atoms with E-state index in [-0.39, 0.29) is 40.9 Å². The maximum Gasteiger partial charge on any atom is 0.419 e. The lowest BCUT2D eigenvalue weighted by atomic mass is 10.0. The molecule has 1 aliphatic rings. The Morgan fingerprint density at radius 1 is 1.22 bits per heavy atom. The summed E-state index contributed by atoms with van der Waals surface area (Å²) in [4.78, 5) is 21.9. The summed E-state index contributed by atoms with van der Waals surface area (Å²) in [7, 11) is 5.06. The number of carbonyl (C=O) groups is 1. The topological polar surface area (TPSA) is 111 Å². The number of ether oxygens (including phenoxy) is 1. The van der Waals surface area contributed by atoms with Crippen LogP contribution in [-0.2, 0) is 11.0 Å². The summed E-state index contributed by atoms with van der Waals surface area (Å²) in [5.74, 6) is -0.193. The number of nitrogens with zero attached hydrogens (tertiary/aromatic N) is 5. The second-order valence-electron chi connectivity index (χ2n) is 9.00. The maximum absolute atomic E-state index is 13.9. The number of rotatable bonds is 9. The van der Waals surface area contributed by atoms with E-state index in [1.807, 2.05) is 6.07 Å². The van der Waals surface area contributed by atoms with Crippen molar-refractivity contribution in [1.29, 1.82) is 5.26 Å². The molecule has 1 amide bonds. The minimum atomic E-state index is -4.64. The van der Waals surface area contributed by atoms with Gasteiger partial charge in [-0.05, 0) is 30.7 Å². The number of benzene rings is 1. The zero-order valence-corrected chi connectivity index (χ0v) is 21.2. The van der Waals surface area contributed by atoms with Gasteiger partial charge in [-0.15, -0.1) is 0 Å². The zero-order chi connectivity index (χ0) is 27.2. The quantitative estimate of drug-likeness (QED) is 0.487. The second-order valence-corrected chi connectivity index (χ2v) is 9.00. The van der Waals surface area contributed by atoms with Crippen LogP contribution in [0.1, 0.15) is 17.7 Å². The number of hydrogen-bond acceptors (Lipinski definition) is 8. The van der Waals surface area contributed by atoms with Gasteiger partial charge in [0.05, 0.1) is 35.8 Å². The highest BCUT2D eigenvalue weighted by atomic mass is 19.4. The summed E-state index contributed by atoms with van der Waals surface area (Å²) in [5.41, 5.74) is 5.81. The number of nitrogens with one attached hydrogen (secondary N) is 1. The summed E-state index contributed by atoms with van der Waals surface area (Å²) in [5, 5.41) is 12.1. The number of alkyl halides is 3. The Bertz CT molecular complexity index is 1140. The molecule has 1 fully saturated rings. The normalized spacial score (nSPS) is 14.7. The van der Waals surface area contributed by atoms with Gasteiger partial charge in [0.2, 0.25) is 5.91 Å². The van der Waals surface area contributed by atoms with Gasteiger partial charge in [-0.25, -0.2) is 4.98 Å². The van der Waals surface area contributed by atoms with Gasteiger partial charge in [-0.1, -0.05) is 0 Å². The van der Waals surface area contributed by atoms with E-state index in [0.717, 1.165) is 32.2 Å². The summed E-state index contributed by atoms with van der Waals surface area (Å²) in [6, 6.07) is 7.11. The molecular weight excluding hydrogens is 487 g/mol. The molecule has 1 aromatic heterocycles. The van der Waals surface area contributed by atoms with Crippen molar-refractivity contribution in [3.63, 3.8) is 0 Å². The number of nitriles is 1. The van der Waals surface area contributed by atoms with Crippen molar-refractivity contribution in [2.75, 3.05) is 78.1 Å². The monoisotopic (exact) mass is 519 g/mol. The van der Waals surface area contributed by atoms with Crippen molar-refractivity contribution < 1.29 is 22.7 Å². The number of nitrogen functional groups attached to an aromatic ring is 1. The summed E-state index contributed by atoms with van der Waals surface area (Å²) >= 11 is 0. The fraction of sp³-hybridized carbons (Fsp3) is 0.480. The van der Waals surface area contributed by atoms with E-state index >= 15 is 0 Å². The molecule has 0 unspecified atom stereocenters. The van der Waals surface area contributed by atoms with E-state index in [1.54, 1.807) is 26.0 Å². The highest BCUT2D eigenvalue weighted by Crippen LogP contribution is 2.39. The number of anilines is 2. The molecule has 3 rings (SSSR count). The molecule has 1 aliphatic heterocycles. The Hall–Kier alpha value is -3.56. The third-order valence-electron chi connectivity index (χ3n) is 6.21. The van der Waals surface area contributed by atoms with Crippen molar-refractivity contribution in [3.05, 3.63) is 35.5 Å². The molecule has 1 aromatic carbocycles. The van der Waals surface area contributed by atoms with Crippen molar-refractivity contribution in [2.45, 2.75) is 12.6 Å². The Labute approximate surface area is 214 Å². The average Bonchev–Trinajstić information content (AvgIpc) is 2.87. The molecule has 0 atom stereocenters. The second kappa shape index (κ2) is 12.1. The van der Waals surface area contributed by atoms with Crippen molar-refractivity contribution >= 4 is 17.3 Å². The highest BCUT2D eigenvalue weighted by molar-refractivity contribution is 5.78. The molecule has 0 spiro atoms. The number of amides is 1. The third-order valence-corrected chi connectivity index (χ3v) is 6.21. The molecule has 3 N–H and O–H groups in total. The van der Waals surface area contributed by atoms with Gasteiger partial charge in [-0.2, -0.15) is 18.4 Å². The predicted molar refractivity (Wildman–Crippen MR) is 135 cm³/mol. The lowest BCUT2D eigenvalue weighted by Crippen LogP contribution is -2.49. The number of likely N-dealkylation sites (N-methyl/N-ethyl adjacent to an activating group) is 1. The van der Waals surface area contributed by atoms with Crippen LogP contribution in [0, 0.1) is 11.3 Å². The van der Waals surface area contributed by atoms with Crippen molar-refractivity contribution in [3.8, 4) is 23.1 Å². The van der Waals surface area contributed by atoms with Gasteiger partial charge in [0.25, 0.3) is 0 Å². The molecule has 0 saturated carbocycles.